The molecule has 0 atom stereocenters. The Morgan fingerprint density at radius 2 is 1.92 bits per heavy atom. The number of fused-ring (bicyclic) bond motifs is 1. The second-order valence-electron chi connectivity index (χ2n) is 5.91. The molecule has 126 valence electrons. The topological polar surface area (TPSA) is 30.3 Å². The van der Waals surface area contributed by atoms with Gasteiger partial charge in [0.05, 0.1) is 17.3 Å². The van der Waals surface area contributed by atoms with Gasteiger partial charge >= 0.3 is 0 Å². The zero-order chi connectivity index (χ0) is 16.4. The molecular weight excluding hydrogens is 325 g/mol. The molecule has 1 aliphatic rings. The Bertz CT molecular complexity index is 752. The van der Waals surface area contributed by atoms with Crippen LogP contribution in [0.15, 0.2) is 36.4 Å². The molecule has 0 N–H and O–H groups in total. The van der Waals surface area contributed by atoms with Gasteiger partial charge in [-0.2, -0.15) is 5.26 Å². The fourth-order valence-electron chi connectivity index (χ4n) is 3.05. The number of hydrogen-bond acceptors (Lipinski definition) is 3. The van der Waals surface area contributed by atoms with E-state index < -0.39 is 0 Å². The summed E-state index contributed by atoms with van der Waals surface area (Å²) >= 11 is 0. The summed E-state index contributed by atoms with van der Waals surface area (Å²) in [5, 5.41) is 8.88. The fourth-order valence-corrected chi connectivity index (χ4v) is 3.05. The Balaban J connectivity index is 0.00000208. The molecule has 5 heteroatoms. The SMILES string of the molecule is CCN1CCc2cc(F)c(N(C)c3ccc(C#N)cc3)cc2C1.Cl. The minimum Gasteiger partial charge on any atom is -0.342 e. The van der Waals surface area contributed by atoms with E-state index in [9.17, 15) is 4.39 Å². The largest absolute Gasteiger partial charge is 0.342 e. The average molecular weight is 346 g/mol. The van der Waals surface area contributed by atoms with E-state index in [1.54, 1.807) is 18.2 Å². The Kier molecular flexibility index (Phi) is 5.82. The van der Waals surface area contributed by atoms with Crippen molar-refractivity contribution < 1.29 is 4.39 Å². The maximum atomic E-state index is 14.5. The van der Waals surface area contributed by atoms with E-state index in [2.05, 4.69) is 17.9 Å². The number of likely N-dealkylation sites (N-methyl/N-ethyl adjacent to an activating group) is 1. The number of rotatable bonds is 3. The Hall–Kier alpha value is -2.09. The van der Waals surface area contributed by atoms with Crippen molar-refractivity contribution in [3.05, 3.63) is 58.9 Å². The second-order valence-corrected chi connectivity index (χ2v) is 5.91. The third kappa shape index (κ3) is 3.53. The Morgan fingerprint density at radius 1 is 1.21 bits per heavy atom. The van der Waals surface area contributed by atoms with Gasteiger partial charge < -0.3 is 4.90 Å². The van der Waals surface area contributed by atoms with Gasteiger partial charge in [-0.3, -0.25) is 4.90 Å². The van der Waals surface area contributed by atoms with Crippen LogP contribution in [0, 0.1) is 17.1 Å². The van der Waals surface area contributed by atoms with Crippen LogP contribution in [0.4, 0.5) is 15.8 Å². The van der Waals surface area contributed by atoms with Crippen LogP contribution in [0.3, 0.4) is 0 Å². The predicted molar refractivity (Wildman–Crippen MR) is 97.5 cm³/mol. The molecule has 3 nitrogen and oxygen atoms in total. The van der Waals surface area contributed by atoms with Crippen molar-refractivity contribution in [3.63, 3.8) is 0 Å². The first kappa shape index (κ1) is 18.3. The highest BCUT2D eigenvalue weighted by molar-refractivity contribution is 5.85. The van der Waals surface area contributed by atoms with E-state index in [0.29, 0.717) is 11.3 Å². The van der Waals surface area contributed by atoms with Crippen molar-refractivity contribution in [2.24, 2.45) is 0 Å². The summed E-state index contributed by atoms with van der Waals surface area (Å²) < 4.78 is 14.5. The number of halogens is 2. The predicted octanol–water partition coefficient (Wildman–Crippen LogP) is 4.27. The van der Waals surface area contributed by atoms with Gasteiger partial charge in [0, 0.05) is 25.8 Å². The maximum Gasteiger partial charge on any atom is 0.147 e. The lowest BCUT2D eigenvalue weighted by molar-refractivity contribution is 0.268. The normalized spacial score (nSPS) is 13.6. The molecule has 3 rings (SSSR count). The van der Waals surface area contributed by atoms with Gasteiger partial charge in [-0.05, 0) is 60.5 Å². The van der Waals surface area contributed by atoms with Gasteiger partial charge in [-0.1, -0.05) is 6.92 Å². The molecule has 0 aliphatic carbocycles. The molecule has 0 bridgehead atoms. The number of nitrogens with zero attached hydrogens (tertiary/aromatic N) is 3. The molecule has 24 heavy (non-hydrogen) atoms. The summed E-state index contributed by atoms with van der Waals surface area (Å²) in [7, 11) is 1.85. The van der Waals surface area contributed by atoms with E-state index in [1.807, 2.05) is 30.1 Å². The molecule has 0 spiro atoms. The standard InChI is InChI=1S/C19H20FN3.ClH/c1-3-23-9-8-15-10-18(20)19(11-16(15)13-23)22(2)17-6-4-14(12-21)5-7-17;/h4-7,10-11H,3,8-9,13H2,1-2H3;1H. The van der Waals surface area contributed by atoms with E-state index in [4.69, 9.17) is 5.26 Å². The number of hydrogen-bond donors (Lipinski definition) is 0. The summed E-state index contributed by atoms with van der Waals surface area (Å²) in [5.74, 6) is -0.194. The van der Waals surface area contributed by atoms with Gasteiger partial charge in [0.15, 0.2) is 0 Å². The van der Waals surface area contributed by atoms with E-state index in [-0.39, 0.29) is 18.2 Å². The van der Waals surface area contributed by atoms with Crippen molar-refractivity contribution in [1.29, 1.82) is 5.26 Å². The summed E-state index contributed by atoms with van der Waals surface area (Å²) in [6.45, 7) is 5.03. The number of anilines is 2. The summed E-state index contributed by atoms with van der Waals surface area (Å²) in [5.41, 5.74) is 4.36. The van der Waals surface area contributed by atoms with Crippen LogP contribution in [0.2, 0.25) is 0 Å². The third-order valence-corrected chi connectivity index (χ3v) is 4.55. The first-order chi connectivity index (χ1) is 11.1. The van der Waals surface area contributed by atoms with Crippen molar-refractivity contribution in [2.45, 2.75) is 19.9 Å². The zero-order valence-electron chi connectivity index (χ0n) is 13.9. The van der Waals surface area contributed by atoms with Gasteiger partial charge in [0.2, 0.25) is 0 Å². The zero-order valence-corrected chi connectivity index (χ0v) is 14.7. The lowest BCUT2D eigenvalue weighted by Gasteiger charge is -2.29. The van der Waals surface area contributed by atoms with Crippen molar-refractivity contribution >= 4 is 23.8 Å². The van der Waals surface area contributed by atoms with Crippen LogP contribution in [0.25, 0.3) is 0 Å². The Morgan fingerprint density at radius 3 is 2.54 bits per heavy atom. The van der Waals surface area contributed by atoms with Crippen LogP contribution in [0.5, 0.6) is 0 Å². The quantitative estimate of drug-likeness (QED) is 0.832. The fraction of sp³-hybridized carbons (Fsp3) is 0.316. The molecule has 0 amide bonds. The molecule has 0 saturated carbocycles. The van der Waals surface area contributed by atoms with Gasteiger partial charge in [0.25, 0.3) is 0 Å². The highest BCUT2D eigenvalue weighted by Gasteiger charge is 2.19. The smallest absolute Gasteiger partial charge is 0.147 e. The molecule has 0 aromatic heterocycles. The van der Waals surface area contributed by atoms with Crippen LogP contribution in [0.1, 0.15) is 23.6 Å². The maximum absolute atomic E-state index is 14.5. The summed E-state index contributed by atoms with van der Waals surface area (Å²) in [4.78, 5) is 4.20. The van der Waals surface area contributed by atoms with Crippen molar-refractivity contribution in [1.82, 2.24) is 4.90 Å². The van der Waals surface area contributed by atoms with Crippen LogP contribution < -0.4 is 4.90 Å². The van der Waals surface area contributed by atoms with Gasteiger partial charge in [-0.25, -0.2) is 4.39 Å². The molecule has 0 fully saturated rings. The average Bonchev–Trinajstić information content (AvgIpc) is 2.60. The second kappa shape index (κ2) is 7.65. The van der Waals surface area contributed by atoms with E-state index in [0.717, 1.165) is 37.3 Å². The first-order valence-electron chi connectivity index (χ1n) is 7.90. The van der Waals surface area contributed by atoms with Gasteiger partial charge in [-0.15, -0.1) is 12.4 Å². The number of benzene rings is 2. The molecule has 2 aromatic carbocycles. The summed E-state index contributed by atoms with van der Waals surface area (Å²) in [6, 6.07) is 12.9. The molecule has 0 saturated heterocycles. The highest BCUT2D eigenvalue weighted by Crippen LogP contribution is 2.31. The highest BCUT2D eigenvalue weighted by atomic mass is 35.5. The van der Waals surface area contributed by atoms with Crippen LogP contribution >= 0.6 is 12.4 Å². The Labute approximate surface area is 148 Å². The van der Waals surface area contributed by atoms with Gasteiger partial charge in [0.1, 0.15) is 5.82 Å². The van der Waals surface area contributed by atoms with Crippen LogP contribution in [-0.4, -0.2) is 25.0 Å². The van der Waals surface area contributed by atoms with Crippen molar-refractivity contribution in [2.75, 3.05) is 25.0 Å². The molecule has 0 unspecified atom stereocenters. The third-order valence-electron chi connectivity index (χ3n) is 4.55. The molecule has 1 aliphatic heterocycles. The molecular formula is C19H21ClFN3. The lowest BCUT2D eigenvalue weighted by atomic mass is 9.98. The molecule has 1 heterocycles. The van der Waals surface area contributed by atoms with Crippen molar-refractivity contribution in [3.8, 4) is 6.07 Å². The lowest BCUT2D eigenvalue weighted by Crippen LogP contribution is -2.30. The minimum absolute atomic E-state index is 0. The first-order valence-corrected chi connectivity index (χ1v) is 7.90. The molecule has 2 aromatic rings. The van der Waals surface area contributed by atoms with E-state index in [1.165, 1.54) is 5.56 Å². The summed E-state index contributed by atoms with van der Waals surface area (Å²) in [6.07, 6.45) is 0.904. The number of nitriles is 1. The molecule has 0 radical (unpaired) electrons. The van der Waals surface area contributed by atoms with E-state index >= 15 is 0 Å². The monoisotopic (exact) mass is 345 g/mol. The minimum atomic E-state index is -0.194. The van der Waals surface area contributed by atoms with Crippen LogP contribution in [-0.2, 0) is 13.0 Å².